The quantitative estimate of drug-likeness (QED) is 0.135. The highest BCUT2D eigenvalue weighted by atomic mass is 127. The molecule has 1 atom stereocenters. The lowest BCUT2D eigenvalue weighted by Crippen LogP contribution is -2.40. The molecule has 5 rings (SSSR count). The third-order valence-corrected chi connectivity index (χ3v) is 10.0. The first-order valence-corrected chi connectivity index (χ1v) is 18.3. The van der Waals surface area contributed by atoms with E-state index in [1.165, 1.54) is 23.0 Å². The number of rotatable bonds is 12. The van der Waals surface area contributed by atoms with Gasteiger partial charge >= 0.3 is 11.9 Å². The molecule has 0 fully saturated rings. The van der Waals surface area contributed by atoms with Crippen LogP contribution in [-0.4, -0.2) is 43.4 Å². The lowest BCUT2D eigenvalue weighted by atomic mass is 9.95. The second-order valence-corrected chi connectivity index (χ2v) is 14.1. The van der Waals surface area contributed by atoms with Gasteiger partial charge in [-0.1, -0.05) is 29.5 Å². The van der Waals surface area contributed by atoms with Gasteiger partial charge in [0.15, 0.2) is 22.9 Å². The van der Waals surface area contributed by atoms with Crippen molar-refractivity contribution in [1.82, 2.24) is 4.57 Å². The van der Waals surface area contributed by atoms with Crippen molar-refractivity contribution in [2.45, 2.75) is 33.4 Å². The SMILES string of the molecule is CCOC(=O)C1=C(C)N=c2s/c(=C/c3cc(I)c(OCc4ccc(C#N)cc4)c(I)c3)c(=O)n2[C@H]1c1ccc(OCC(=O)OC)c(OCC)c1. The van der Waals surface area contributed by atoms with E-state index >= 15 is 0 Å². The Kier molecular flexibility index (Phi) is 12.4. The largest absolute Gasteiger partial charge is 0.490 e. The van der Waals surface area contributed by atoms with Gasteiger partial charge in [0.2, 0.25) is 0 Å². The lowest BCUT2D eigenvalue weighted by Gasteiger charge is -2.25. The number of nitriles is 1. The number of hydrogen-bond donors (Lipinski definition) is 0. The predicted molar refractivity (Wildman–Crippen MR) is 203 cm³/mol. The molecule has 0 aliphatic carbocycles. The number of halogens is 2. The molecule has 0 unspecified atom stereocenters. The maximum absolute atomic E-state index is 14.2. The fourth-order valence-corrected chi connectivity index (χ4v) is 8.34. The van der Waals surface area contributed by atoms with Crippen LogP contribution in [0.2, 0.25) is 0 Å². The molecule has 258 valence electrons. The van der Waals surface area contributed by atoms with Crippen LogP contribution in [0.1, 0.15) is 49.1 Å². The number of carbonyl (C=O) groups excluding carboxylic acids is 2. The number of carbonyl (C=O) groups is 2. The summed E-state index contributed by atoms with van der Waals surface area (Å²) in [6.07, 6.45) is 1.80. The summed E-state index contributed by atoms with van der Waals surface area (Å²) in [5.41, 5.74) is 3.20. The van der Waals surface area contributed by atoms with Gasteiger partial charge in [0.25, 0.3) is 5.56 Å². The number of methoxy groups -OCH3 is 1. The summed E-state index contributed by atoms with van der Waals surface area (Å²) in [7, 11) is 1.27. The Morgan fingerprint density at radius 1 is 1.00 bits per heavy atom. The van der Waals surface area contributed by atoms with Crippen LogP contribution >= 0.6 is 56.5 Å². The molecule has 1 aliphatic rings. The highest BCUT2D eigenvalue weighted by Gasteiger charge is 2.34. The fourth-order valence-electron chi connectivity index (χ4n) is 5.17. The zero-order valence-corrected chi connectivity index (χ0v) is 32.6. The van der Waals surface area contributed by atoms with Gasteiger partial charge in [-0.2, -0.15) is 5.26 Å². The lowest BCUT2D eigenvalue weighted by molar-refractivity contribution is -0.143. The Morgan fingerprint density at radius 2 is 1.72 bits per heavy atom. The number of allylic oxidation sites excluding steroid dienone is 1. The topological polar surface area (TPSA) is 138 Å². The van der Waals surface area contributed by atoms with Crippen LogP contribution in [0.25, 0.3) is 6.08 Å². The summed E-state index contributed by atoms with van der Waals surface area (Å²) in [4.78, 5) is 44.4. The Hall–Kier alpha value is -4.21. The van der Waals surface area contributed by atoms with Crippen LogP contribution in [0.3, 0.4) is 0 Å². The van der Waals surface area contributed by atoms with E-state index in [0.717, 1.165) is 18.3 Å². The standard InChI is InChI=1S/C36H31I2N3O8S/c1-5-46-28-16-24(11-12-27(28)48-19-30(42)45-4)32-31(35(44)47-6-2)20(3)40-36-41(32)34(43)29(50-36)15-23-13-25(37)33(26(38)14-23)49-18-22-9-7-21(17-39)8-10-22/h7-16,32H,5-6,18-19H2,1-4H3/b29-15+/t32-/m0/s1. The van der Waals surface area contributed by atoms with Gasteiger partial charge in [0.05, 0.1) is 60.9 Å². The maximum Gasteiger partial charge on any atom is 0.343 e. The van der Waals surface area contributed by atoms with Crippen LogP contribution in [0.4, 0.5) is 0 Å². The number of hydrogen-bond acceptors (Lipinski definition) is 11. The fraction of sp³-hybridized carbons (Fsp3) is 0.250. The summed E-state index contributed by atoms with van der Waals surface area (Å²) in [6.45, 7) is 5.70. The zero-order valence-electron chi connectivity index (χ0n) is 27.5. The van der Waals surface area contributed by atoms with Crippen LogP contribution in [0, 0.1) is 18.5 Å². The zero-order chi connectivity index (χ0) is 35.9. The predicted octanol–water partition coefficient (Wildman–Crippen LogP) is 5.41. The number of thiazole rings is 1. The average Bonchev–Trinajstić information content (AvgIpc) is 3.40. The maximum atomic E-state index is 14.2. The summed E-state index contributed by atoms with van der Waals surface area (Å²) in [6, 6.07) is 17.4. The molecular weight excluding hydrogens is 888 g/mol. The molecule has 4 aromatic rings. The van der Waals surface area contributed by atoms with Crippen molar-refractivity contribution in [3.8, 4) is 23.3 Å². The monoisotopic (exact) mass is 919 g/mol. The van der Waals surface area contributed by atoms with E-state index in [9.17, 15) is 14.4 Å². The van der Waals surface area contributed by atoms with Crippen molar-refractivity contribution in [2.24, 2.45) is 4.99 Å². The third-order valence-electron chi connectivity index (χ3n) is 7.46. The summed E-state index contributed by atoms with van der Waals surface area (Å²) < 4.78 is 31.4. The summed E-state index contributed by atoms with van der Waals surface area (Å²) in [5, 5.41) is 9.06. The summed E-state index contributed by atoms with van der Waals surface area (Å²) in [5.74, 6) is 0.215. The summed E-state index contributed by atoms with van der Waals surface area (Å²) >= 11 is 5.64. The molecule has 1 aromatic heterocycles. The van der Waals surface area contributed by atoms with Gasteiger partial charge in [0, 0.05) is 0 Å². The van der Waals surface area contributed by atoms with Gasteiger partial charge in [-0.3, -0.25) is 9.36 Å². The molecule has 0 spiro atoms. The van der Waals surface area contributed by atoms with Crippen molar-refractivity contribution < 1.29 is 33.3 Å². The molecule has 0 radical (unpaired) electrons. The van der Waals surface area contributed by atoms with Crippen LogP contribution < -0.4 is 29.1 Å². The minimum absolute atomic E-state index is 0.141. The molecule has 2 heterocycles. The number of ether oxygens (including phenoxy) is 5. The van der Waals surface area contributed by atoms with Gasteiger partial charge < -0.3 is 23.7 Å². The number of esters is 2. The number of nitrogens with zero attached hydrogens (tertiary/aromatic N) is 3. The van der Waals surface area contributed by atoms with E-state index < -0.39 is 18.0 Å². The highest BCUT2D eigenvalue weighted by molar-refractivity contribution is 14.1. The number of aromatic nitrogens is 1. The van der Waals surface area contributed by atoms with E-state index in [2.05, 4.69) is 61.0 Å². The first kappa shape index (κ1) is 37.1. The van der Waals surface area contributed by atoms with Gasteiger partial charge in [-0.05, 0) is 125 Å². The molecule has 0 saturated carbocycles. The van der Waals surface area contributed by atoms with E-state index in [0.29, 0.717) is 56.6 Å². The number of fused-ring (bicyclic) bond motifs is 1. The van der Waals surface area contributed by atoms with E-state index in [4.69, 9.17) is 24.2 Å². The molecule has 11 nitrogen and oxygen atoms in total. The molecule has 3 aromatic carbocycles. The van der Waals surface area contributed by atoms with Crippen molar-refractivity contribution in [3.05, 3.63) is 115 Å². The average molecular weight is 920 g/mol. The second-order valence-electron chi connectivity index (χ2n) is 10.7. The minimum Gasteiger partial charge on any atom is -0.490 e. The molecule has 1 aliphatic heterocycles. The molecule has 0 saturated heterocycles. The Morgan fingerprint density at radius 3 is 2.36 bits per heavy atom. The molecule has 0 amide bonds. The van der Waals surface area contributed by atoms with E-state index in [1.807, 2.05) is 31.2 Å². The highest BCUT2D eigenvalue weighted by Crippen LogP contribution is 2.36. The van der Waals surface area contributed by atoms with Gasteiger partial charge in [0.1, 0.15) is 12.4 Å². The normalized spacial score (nSPS) is 13.9. The Bertz CT molecular complexity index is 2180. The molecule has 0 bridgehead atoms. The Labute approximate surface area is 319 Å². The Balaban J connectivity index is 1.55. The van der Waals surface area contributed by atoms with Crippen molar-refractivity contribution in [2.75, 3.05) is 26.9 Å². The van der Waals surface area contributed by atoms with Gasteiger partial charge in [-0.25, -0.2) is 14.6 Å². The van der Waals surface area contributed by atoms with Crippen LogP contribution in [0.15, 0.2) is 75.7 Å². The minimum atomic E-state index is -0.875. The van der Waals surface area contributed by atoms with Gasteiger partial charge in [-0.15, -0.1) is 0 Å². The number of benzene rings is 3. The molecular formula is C36H31I2N3O8S. The van der Waals surface area contributed by atoms with Crippen LogP contribution in [0.5, 0.6) is 17.2 Å². The second kappa shape index (κ2) is 16.7. The molecule has 14 heteroatoms. The first-order valence-electron chi connectivity index (χ1n) is 15.3. The third kappa shape index (κ3) is 8.22. The van der Waals surface area contributed by atoms with E-state index in [1.54, 1.807) is 50.3 Å². The first-order chi connectivity index (χ1) is 24.1. The van der Waals surface area contributed by atoms with Crippen molar-refractivity contribution in [1.29, 1.82) is 5.26 Å². The smallest absolute Gasteiger partial charge is 0.343 e. The van der Waals surface area contributed by atoms with Crippen molar-refractivity contribution >= 4 is 74.5 Å². The van der Waals surface area contributed by atoms with E-state index in [-0.39, 0.29) is 24.3 Å². The van der Waals surface area contributed by atoms with Crippen molar-refractivity contribution in [3.63, 3.8) is 0 Å². The molecule has 50 heavy (non-hydrogen) atoms. The molecule has 0 N–H and O–H groups in total. The van der Waals surface area contributed by atoms with Crippen LogP contribution in [-0.2, 0) is 25.7 Å².